The number of ether oxygens (including phenoxy) is 2. The average molecular weight is 454 g/mol. The molecule has 4 rings (SSSR count). The van der Waals surface area contributed by atoms with Crippen molar-refractivity contribution in [3.05, 3.63) is 70.9 Å². The Hall–Kier alpha value is -3.16. The number of carbonyl (C=O) groups excluding carboxylic acids is 2. The van der Waals surface area contributed by atoms with Gasteiger partial charge in [-0.2, -0.15) is 0 Å². The number of aromatic nitrogens is 1. The summed E-state index contributed by atoms with van der Waals surface area (Å²) in [6.45, 7) is 2.74. The highest BCUT2D eigenvalue weighted by Gasteiger charge is 2.41. The topological polar surface area (TPSA) is 94.8 Å². The minimum Gasteiger partial charge on any atom is -0.490 e. The summed E-state index contributed by atoms with van der Waals surface area (Å²) in [4.78, 5) is 31.2. The van der Waals surface area contributed by atoms with Crippen LogP contribution in [0.4, 0.5) is 0 Å². The van der Waals surface area contributed by atoms with Gasteiger partial charge in [-0.3, -0.25) is 9.59 Å². The maximum absolute atomic E-state index is 13.2. The zero-order valence-electron chi connectivity index (χ0n) is 17.7. The number of aryl methyl sites for hydroxylation is 1. The molecule has 0 bridgehead atoms. The number of para-hydroxylation sites is 1. The molecular formula is C24H24ClN3O4. The Morgan fingerprint density at radius 2 is 2.03 bits per heavy atom. The van der Waals surface area contributed by atoms with Crippen LogP contribution in [0.5, 0.6) is 5.75 Å². The highest BCUT2D eigenvalue weighted by molar-refractivity contribution is 6.31. The molecule has 32 heavy (non-hydrogen) atoms. The Balaban J connectivity index is 1.54. The first-order valence-corrected chi connectivity index (χ1v) is 10.7. The van der Waals surface area contributed by atoms with Gasteiger partial charge in [0.25, 0.3) is 5.91 Å². The molecule has 1 aliphatic rings. The molecule has 1 saturated heterocycles. The predicted molar refractivity (Wildman–Crippen MR) is 122 cm³/mol. The predicted octanol–water partition coefficient (Wildman–Crippen LogP) is 3.36. The van der Waals surface area contributed by atoms with Crippen molar-refractivity contribution in [2.45, 2.75) is 18.9 Å². The molecule has 166 valence electrons. The van der Waals surface area contributed by atoms with Crippen LogP contribution in [0.15, 0.2) is 54.6 Å². The third-order valence-electron chi connectivity index (χ3n) is 5.48. The molecule has 0 saturated carbocycles. The largest absolute Gasteiger partial charge is 0.490 e. The number of nitrogens with zero attached hydrogens (tertiary/aromatic N) is 2. The summed E-state index contributed by atoms with van der Waals surface area (Å²) < 4.78 is 11.9. The normalized spacial score (nSPS) is 18.5. The molecule has 2 aromatic carbocycles. The number of morpholine rings is 1. The van der Waals surface area contributed by atoms with Gasteiger partial charge in [-0.05, 0) is 42.8 Å². The molecule has 1 fully saturated rings. The molecule has 0 aliphatic carbocycles. The fraction of sp³-hybridized carbons (Fsp3) is 0.292. The lowest BCUT2D eigenvalue weighted by Gasteiger charge is -2.41. The van der Waals surface area contributed by atoms with Crippen LogP contribution < -0.4 is 10.5 Å². The van der Waals surface area contributed by atoms with E-state index >= 15 is 0 Å². The summed E-state index contributed by atoms with van der Waals surface area (Å²) in [5.74, 6) is -0.159. The van der Waals surface area contributed by atoms with Gasteiger partial charge in [0.1, 0.15) is 23.7 Å². The molecular weight excluding hydrogens is 430 g/mol. The number of hydrogen-bond donors (Lipinski definition) is 1. The average Bonchev–Trinajstić information content (AvgIpc) is 2.79. The number of halogens is 1. The van der Waals surface area contributed by atoms with E-state index in [9.17, 15) is 9.59 Å². The number of nitrogens with two attached hydrogens (primary N) is 1. The summed E-state index contributed by atoms with van der Waals surface area (Å²) in [7, 11) is 0. The fourth-order valence-corrected chi connectivity index (χ4v) is 3.97. The molecule has 2 N–H and O–H groups in total. The molecule has 2 heterocycles. The van der Waals surface area contributed by atoms with Gasteiger partial charge in [-0.1, -0.05) is 35.9 Å². The Labute approximate surface area is 191 Å². The van der Waals surface area contributed by atoms with E-state index in [4.69, 9.17) is 26.8 Å². The summed E-state index contributed by atoms with van der Waals surface area (Å²) in [5.41, 5.74) is 6.42. The van der Waals surface area contributed by atoms with Crippen LogP contribution in [0.1, 0.15) is 22.5 Å². The molecule has 3 aromatic rings. The Morgan fingerprint density at radius 3 is 2.81 bits per heavy atom. The Bertz CT molecular complexity index is 1170. The molecule has 0 spiro atoms. The third-order valence-corrected chi connectivity index (χ3v) is 5.90. The van der Waals surface area contributed by atoms with E-state index in [2.05, 4.69) is 4.98 Å². The van der Waals surface area contributed by atoms with Crippen molar-refractivity contribution in [3.63, 3.8) is 0 Å². The van der Waals surface area contributed by atoms with E-state index in [1.807, 2.05) is 43.3 Å². The van der Waals surface area contributed by atoms with Crippen molar-refractivity contribution in [3.8, 4) is 5.75 Å². The number of carbonyl (C=O) groups is 2. The van der Waals surface area contributed by atoms with E-state index in [0.29, 0.717) is 23.0 Å². The molecule has 7 nitrogen and oxygen atoms in total. The van der Waals surface area contributed by atoms with Gasteiger partial charge < -0.3 is 20.1 Å². The maximum atomic E-state index is 13.2. The van der Waals surface area contributed by atoms with Crippen LogP contribution in [0, 0.1) is 6.92 Å². The number of benzene rings is 2. The number of amides is 2. The van der Waals surface area contributed by atoms with Crippen molar-refractivity contribution in [1.29, 1.82) is 0 Å². The minimum atomic E-state index is -1.05. The van der Waals surface area contributed by atoms with Crippen LogP contribution in [0.2, 0.25) is 5.02 Å². The number of primary amides is 1. The number of hydrogen-bond acceptors (Lipinski definition) is 5. The van der Waals surface area contributed by atoms with Gasteiger partial charge >= 0.3 is 0 Å². The highest BCUT2D eigenvalue weighted by Crippen LogP contribution is 2.27. The highest BCUT2D eigenvalue weighted by atomic mass is 35.5. The van der Waals surface area contributed by atoms with Crippen LogP contribution in [-0.2, 0) is 9.53 Å². The molecule has 8 heteroatoms. The van der Waals surface area contributed by atoms with Gasteiger partial charge in [-0.15, -0.1) is 0 Å². The lowest BCUT2D eigenvalue weighted by atomic mass is 9.97. The zero-order valence-corrected chi connectivity index (χ0v) is 18.5. The SMILES string of the molecule is Cc1cc(OC[C@]2(CC(N)=O)CN(C(=O)c3ccc4ccccc4n3)CCO2)ccc1Cl. The first-order chi connectivity index (χ1) is 15.3. The first-order valence-electron chi connectivity index (χ1n) is 10.3. The zero-order chi connectivity index (χ0) is 22.7. The van der Waals surface area contributed by atoms with Crippen LogP contribution in [0.25, 0.3) is 10.9 Å². The maximum Gasteiger partial charge on any atom is 0.272 e. The molecule has 1 atom stereocenters. The lowest BCUT2D eigenvalue weighted by molar-refractivity contribution is -0.142. The van der Waals surface area contributed by atoms with Gasteiger partial charge in [-0.25, -0.2) is 4.98 Å². The second-order valence-electron chi connectivity index (χ2n) is 7.99. The first kappa shape index (κ1) is 22.0. The van der Waals surface area contributed by atoms with E-state index in [1.165, 1.54) is 0 Å². The smallest absolute Gasteiger partial charge is 0.272 e. The molecule has 2 amide bonds. The van der Waals surface area contributed by atoms with E-state index in [0.717, 1.165) is 16.5 Å². The molecule has 1 aromatic heterocycles. The quantitative estimate of drug-likeness (QED) is 0.617. The van der Waals surface area contributed by atoms with Crippen LogP contribution in [0.3, 0.4) is 0 Å². The van der Waals surface area contributed by atoms with Crippen molar-refractivity contribution in [2.75, 3.05) is 26.3 Å². The molecule has 0 radical (unpaired) electrons. The van der Waals surface area contributed by atoms with E-state index in [1.54, 1.807) is 23.1 Å². The van der Waals surface area contributed by atoms with Crippen LogP contribution in [-0.4, -0.2) is 53.6 Å². The summed E-state index contributed by atoms with van der Waals surface area (Å²) >= 11 is 6.08. The second kappa shape index (κ2) is 9.14. The van der Waals surface area contributed by atoms with Gasteiger partial charge in [0, 0.05) is 17.0 Å². The fourth-order valence-electron chi connectivity index (χ4n) is 3.85. The van der Waals surface area contributed by atoms with Crippen molar-refractivity contribution < 1.29 is 19.1 Å². The standard InChI is InChI=1S/C24H24ClN3O4/c1-16-12-18(7-8-19(16)25)31-15-24(13-22(26)29)14-28(10-11-32-24)23(30)21-9-6-17-4-2-3-5-20(17)27-21/h2-9,12H,10-11,13-15H2,1H3,(H2,26,29)/t24-/m0/s1. The second-order valence-corrected chi connectivity index (χ2v) is 8.40. The Kier molecular flexibility index (Phi) is 6.30. The Morgan fingerprint density at radius 1 is 1.22 bits per heavy atom. The van der Waals surface area contributed by atoms with Gasteiger partial charge in [0.2, 0.25) is 5.91 Å². The van der Waals surface area contributed by atoms with Crippen LogP contribution >= 0.6 is 11.6 Å². The lowest BCUT2D eigenvalue weighted by Crippen LogP contribution is -2.58. The molecule has 0 unspecified atom stereocenters. The number of fused-ring (bicyclic) bond motifs is 1. The minimum absolute atomic E-state index is 0.0614. The summed E-state index contributed by atoms with van der Waals surface area (Å²) in [6, 6.07) is 16.5. The van der Waals surface area contributed by atoms with Crippen molar-refractivity contribution in [2.24, 2.45) is 5.73 Å². The molecule has 1 aliphatic heterocycles. The number of pyridine rings is 1. The van der Waals surface area contributed by atoms with Gasteiger partial charge in [0.05, 0.1) is 25.1 Å². The van der Waals surface area contributed by atoms with E-state index < -0.39 is 11.5 Å². The monoisotopic (exact) mass is 453 g/mol. The van der Waals surface area contributed by atoms with Crippen molar-refractivity contribution in [1.82, 2.24) is 9.88 Å². The van der Waals surface area contributed by atoms with E-state index in [-0.39, 0.29) is 32.1 Å². The summed E-state index contributed by atoms with van der Waals surface area (Å²) in [5, 5.41) is 1.60. The van der Waals surface area contributed by atoms with Crippen molar-refractivity contribution >= 4 is 34.3 Å². The third kappa shape index (κ3) is 4.84. The summed E-state index contributed by atoms with van der Waals surface area (Å²) in [6.07, 6.45) is -0.0749. The number of rotatable bonds is 6. The van der Waals surface area contributed by atoms with Gasteiger partial charge in [0.15, 0.2) is 0 Å².